The third-order valence-corrected chi connectivity index (χ3v) is 5.94. The molecular weight excluding hydrogens is 388 g/mol. The highest BCUT2D eigenvalue weighted by Gasteiger charge is 2.26. The molecule has 0 radical (unpaired) electrons. The number of imidazole rings is 2. The van der Waals surface area contributed by atoms with Crippen LogP contribution in [0.1, 0.15) is 21.9 Å². The Bertz CT molecular complexity index is 1220. The van der Waals surface area contributed by atoms with Crippen molar-refractivity contribution in [1.29, 1.82) is 0 Å². The first-order valence-electron chi connectivity index (χ1n) is 10.6. The number of hydrogen-bond donors (Lipinski definition) is 0. The number of aryl methyl sites for hydroxylation is 1. The zero-order valence-electron chi connectivity index (χ0n) is 17.9. The van der Waals surface area contributed by atoms with Crippen molar-refractivity contribution in [3.05, 3.63) is 78.0 Å². The highest BCUT2D eigenvalue weighted by atomic mass is 16.2. The second kappa shape index (κ2) is 8.00. The van der Waals surface area contributed by atoms with Gasteiger partial charge in [-0.05, 0) is 31.7 Å². The van der Waals surface area contributed by atoms with Gasteiger partial charge in [-0.2, -0.15) is 0 Å². The molecule has 0 N–H and O–H groups in total. The van der Waals surface area contributed by atoms with Crippen LogP contribution in [-0.4, -0.2) is 67.9 Å². The van der Waals surface area contributed by atoms with Crippen LogP contribution >= 0.6 is 0 Å². The van der Waals surface area contributed by atoms with E-state index in [0.717, 1.165) is 49.8 Å². The summed E-state index contributed by atoms with van der Waals surface area (Å²) >= 11 is 0. The summed E-state index contributed by atoms with van der Waals surface area (Å²) in [4.78, 5) is 27.0. The number of carbonyl (C=O) groups is 1. The average Bonchev–Trinajstić information content (AvgIpc) is 3.35. The Labute approximate surface area is 181 Å². The molecule has 1 saturated heterocycles. The summed E-state index contributed by atoms with van der Waals surface area (Å²) in [5.74, 6) is 1.60. The Kier molecular flexibility index (Phi) is 5.03. The van der Waals surface area contributed by atoms with Gasteiger partial charge in [0, 0.05) is 45.1 Å². The van der Waals surface area contributed by atoms with E-state index in [1.807, 2.05) is 65.0 Å². The van der Waals surface area contributed by atoms with Crippen LogP contribution in [0.2, 0.25) is 0 Å². The minimum atomic E-state index is -0.0107. The maximum absolute atomic E-state index is 13.3. The summed E-state index contributed by atoms with van der Waals surface area (Å²) in [6, 6.07) is 16.2. The van der Waals surface area contributed by atoms with Crippen LogP contribution in [0.25, 0.3) is 17.0 Å². The van der Waals surface area contributed by atoms with Crippen molar-refractivity contribution in [3.63, 3.8) is 0 Å². The molecule has 0 aliphatic carbocycles. The van der Waals surface area contributed by atoms with E-state index >= 15 is 0 Å². The van der Waals surface area contributed by atoms with Crippen LogP contribution in [0, 0.1) is 6.92 Å². The molecular formula is C24H26N6O. The van der Waals surface area contributed by atoms with Gasteiger partial charge in [-0.1, -0.05) is 36.4 Å². The van der Waals surface area contributed by atoms with E-state index in [-0.39, 0.29) is 5.91 Å². The molecule has 0 saturated carbocycles. The predicted molar refractivity (Wildman–Crippen MR) is 120 cm³/mol. The van der Waals surface area contributed by atoms with Crippen molar-refractivity contribution in [3.8, 4) is 11.5 Å². The van der Waals surface area contributed by atoms with E-state index in [1.54, 1.807) is 0 Å². The number of piperazine rings is 1. The standard InChI is InChI=1S/C24H26N6O/c1-18-25-20(17-29(18)16-19-8-4-3-5-9-19)23-26-22(21-10-6-7-11-30(21)23)24(31)28-14-12-27(2)13-15-28/h3-11,17H,12-16H2,1-2H3. The Morgan fingerprint density at radius 1 is 0.968 bits per heavy atom. The first-order chi connectivity index (χ1) is 15.1. The molecule has 1 amide bonds. The summed E-state index contributed by atoms with van der Waals surface area (Å²) in [6.07, 6.45) is 3.97. The molecule has 31 heavy (non-hydrogen) atoms. The molecule has 7 heteroatoms. The number of amides is 1. The fourth-order valence-corrected chi connectivity index (χ4v) is 4.09. The van der Waals surface area contributed by atoms with E-state index in [2.05, 4.69) is 28.6 Å². The van der Waals surface area contributed by atoms with E-state index in [1.165, 1.54) is 5.56 Å². The molecule has 3 aromatic heterocycles. The number of nitrogens with zero attached hydrogens (tertiary/aromatic N) is 6. The second-order valence-electron chi connectivity index (χ2n) is 8.12. The lowest BCUT2D eigenvalue weighted by Crippen LogP contribution is -2.47. The van der Waals surface area contributed by atoms with Crippen LogP contribution in [0.15, 0.2) is 60.9 Å². The molecule has 1 aromatic carbocycles. The number of aromatic nitrogens is 4. The Balaban J connectivity index is 1.51. The zero-order valence-corrected chi connectivity index (χ0v) is 17.9. The van der Waals surface area contributed by atoms with Crippen molar-refractivity contribution < 1.29 is 4.79 Å². The molecule has 158 valence electrons. The third-order valence-electron chi connectivity index (χ3n) is 5.94. The molecule has 4 aromatic rings. The summed E-state index contributed by atoms with van der Waals surface area (Å²) in [5, 5.41) is 0. The maximum atomic E-state index is 13.3. The monoisotopic (exact) mass is 414 g/mol. The zero-order chi connectivity index (χ0) is 21.4. The molecule has 0 bridgehead atoms. The fraction of sp³-hybridized carbons (Fsp3) is 0.292. The minimum absolute atomic E-state index is 0.0107. The van der Waals surface area contributed by atoms with Crippen LogP contribution in [0.3, 0.4) is 0 Å². The lowest BCUT2D eigenvalue weighted by Gasteiger charge is -2.32. The summed E-state index contributed by atoms with van der Waals surface area (Å²) in [5.41, 5.74) is 3.30. The molecule has 1 aliphatic heterocycles. The lowest BCUT2D eigenvalue weighted by molar-refractivity contribution is 0.0661. The third kappa shape index (κ3) is 3.72. The number of hydrogen-bond acceptors (Lipinski definition) is 4. The topological polar surface area (TPSA) is 58.7 Å². The van der Waals surface area contributed by atoms with Gasteiger partial charge in [0.05, 0.1) is 5.52 Å². The van der Waals surface area contributed by atoms with Gasteiger partial charge in [-0.3, -0.25) is 9.20 Å². The van der Waals surface area contributed by atoms with Gasteiger partial charge in [0.25, 0.3) is 5.91 Å². The van der Waals surface area contributed by atoms with Crippen LogP contribution in [0.5, 0.6) is 0 Å². The molecule has 0 atom stereocenters. The van der Waals surface area contributed by atoms with E-state index in [0.29, 0.717) is 11.5 Å². The smallest absolute Gasteiger partial charge is 0.274 e. The molecule has 7 nitrogen and oxygen atoms in total. The molecule has 0 spiro atoms. The van der Waals surface area contributed by atoms with Crippen LogP contribution in [0.4, 0.5) is 0 Å². The van der Waals surface area contributed by atoms with E-state index < -0.39 is 0 Å². The summed E-state index contributed by atoms with van der Waals surface area (Å²) in [6.45, 7) is 5.96. The van der Waals surface area contributed by atoms with Gasteiger partial charge in [0.15, 0.2) is 11.5 Å². The Hall–Kier alpha value is -3.45. The van der Waals surface area contributed by atoms with Gasteiger partial charge in [-0.15, -0.1) is 0 Å². The second-order valence-corrected chi connectivity index (χ2v) is 8.12. The Morgan fingerprint density at radius 3 is 2.48 bits per heavy atom. The highest BCUT2D eigenvalue weighted by Crippen LogP contribution is 2.24. The van der Waals surface area contributed by atoms with Crippen molar-refractivity contribution in [2.75, 3.05) is 33.2 Å². The number of fused-ring (bicyclic) bond motifs is 1. The van der Waals surface area contributed by atoms with Gasteiger partial charge in [0.1, 0.15) is 11.5 Å². The van der Waals surface area contributed by atoms with Crippen molar-refractivity contribution in [2.45, 2.75) is 13.5 Å². The average molecular weight is 415 g/mol. The minimum Gasteiger partial charge on any atom is -0.335 e. The quantitative estimate of drug-likeness (QED) is 0.515. The number of rotatable bonds is 4. The van der Waals surface area contributed by atoms with Crippen molar-refractivity contribution in [2.24, 2.45) is 0 Å². The number of benzene rings is 1. The molecule has 0 unspecified atom stereocenters. The predicted octanol–water partition coefficient (Wildman–Crippen LogP) is 2.94. The van der Waals surface area contributed by atoms with Gasteiger partial charge in [0.2, 0.25) is 0 Å². The lowest BCUT2D eigenvalue weighted by atomic mass is 10.2. The first kappa shape index (κ1) is 19.5. The van der Waals surface area contributed by atoms with Gasteiger partial charge in [-0.25, -0.2) is 9.97 Å². The molecule has 1 fully saturated rings. The normalized spacial score (nSPS) is 15.0. The maximum Gasteiger partial charge on any atom is 0.274 e. The summed E-state index contributed by atoms with van der Waals surface area (Å²) < 4.78 is 4.09. The first-order valence-corrected chi connectivity index (χ1v) is 10.6. The van der Waals surface area contributed by atoms with E-state index in [4.69, 9.17) is 9.97 Å². The van der Waals surface area contributed by atoms with Gasteiger partial charge < -0.3 is 14.4 Å². The Morgan fingerprint density at radius 2 is 1.71 bits per heavy atom. The number of pyridine rings is 1. The van der Waals surface area contributed by atoms with Gasteiger partial charge >= 0.3 is 0 Å². The SMILES string of the molecule is Cc1nc(-c2nc(C(=O)N3CCN(C)CC3)c3ccccn23)cn1Cc1ccccc1. The van der Waals surface area contributed by atoms with Crippen molar-refractivity contribution in [1.82, 2.24) is 28.7 Å². The van der Waals surface area contributed by atoms with Crippen molar-refractivity contribution >= 4 is 11.4 Å². The number of likely N-dealkylation sites (N-methyl/N-ethyl adjacent to an activating group) is 1. The molecule has 1 aliphatic rings. The van der Waals surface area contributed by atoms with Crippen LogP contribution < -0.4 is 0 Å². The fourth-order valence-electron chi connectivity index (χ4n) is 4.09. The largest absolute Gasteiger partial charge is 0.335 e. The van der Waals surface area contributed by atoms with Crippen LogP contribution in [-0.2, 0) is 6.54 Å². The number of carbonyl (C=O) groups excluding carboxylic acids is 1. The molecule has 4 heterocycles. The van der Waals surface area contributed by atoms with E-state index in [9.17, 15) is 4.79 Å². The molecule has 5 rings (SSSR count). The highest BCUT2D eigenvalue weighted by molar-refractivity contribution is 6.00. The summed E-state index contributed by atoms with van der Waals surface area (Å²) in [7, 11) is 2.08.